The fourth-order valence-electron chi connectivity index (χ4n) is 6.85. The third-order valence-corrected chi connectivity index (χ3v) is 9.98. The number of primary amides is 2. The highest BCUT2D eigenvalue weighted by molar-refractivity contribution is 6.05. The molecular weight excluding hydrogens is 866 g/mol. The number of carboxylic acids is 1. The fraction of sp³-hybridized carbons (Fsp3) is 0.289. The van der Waals surface area contributed by atoms with Gasteiger partial charge >= 0.3 is 12.3 Å². The maximum atomic E-state index is 13.0. The van der Waals surface area contributed by atoms with E-state index in [4.69, 9.17) is 22.3 Å². The van der Waals surface area contributed by atoms with Gasteiger partial charge in [-0.1, -0.05) is 62.0 Å². The van der Waals surface area contributed by atoms with Gasteiger partial charge < -0.3 is 42.2 Å². The molecule has 348 valence electrons. The zero-order chi connectivity index (χ0) is 47.0. The van der Waals surface area contributed by atoms with Crippen LogP contribution in [-0.2, 0) is 32.3 Å². The largest absolute Gasteiger partial charge is 0.573 e. The molecule has 2 fully saturated rings. The summed E-state index contributed by atoms with van der Waals surface area (Å²) in [5, 5.41) is 20.8. The minimum Gasteiger partial charge on any atom is -0.480 e. The number of nitrogens with zero attached hydrogens (tertiary/aromatic N) is 6. The van der Waals surface area contributed by atoms with E-state index in [-0.39, 0.29) is 68.7 Å². The summed E-state index contributed by atoms with van der Waals surface area (Å²) in [7, 11) is 0. The van der Waals surface area contributed by atoms with Crippen molar-refractivity contribution in [2.45, 2.75) is 71.6 Å². The fourth-order valence-corrected chi connectivity index (χ4v) is 6.85. The van der Waals surface area contributed by atoms with Gasteiger partial charge in [0.05, 0.1) is 11.0 Å². The lowest BCUT2D eigenvalue weighted by atomic mass is 10.2. The molecule has 0 unspecified atom stereocenters. The Bertz CT molecular complexity index is 2730. The molecule has 2 aromatic heterocycles. The van der Waals surface area contributed by atoms with Gasteiger partial charge in [0.1, 0.15) is 31.9 Å². The number of fused-ring (bicyclic) bond motifs is 2. The summed E-state index contributed by atoms with van der Waals surface area (Å²) in [5.41, 5.74) is 19.6. The standard InChI is InChI=1S/C22H20F3N5O4.C15H16N4O4.C7H9N.CH4/c23-22(24,25)34-15-5-3-4-13(10-15)27-18(31)11-29(14-8-9-14)19(32)12-30-17-7-2-1-6-16(17)20(28-30)21(26)33;16-15(23)14-10-3-1-2-4-11(10)19(17-14)7-12(20)18(8-13(21)22)9-5-6-9;1-6-3-2-4-7(8)5-6;/h1-7,10,14H,8-9,11-12H2,(H2,26,33)(H,27,31);1-4,9H,5-8H2,(H2,16,23)(H,21,22);2-5H,8H2,1H3;1H4. The van der Waals surface area contributed by atoms with Crippen molar-refractivity contribution >= 4 is 68.7 Å². The predicted octanol–water partition coefficient (Wildman–Crippen LogP) is 5.09. The molecular formula is C45H49F3N10O8. The van der Waals surface area contributed by atoms with E-state index >= 15 is 0 Å². The molecule has 2 aliphatic rings. The second-order valence-electron chi connectivity index (χ2n) is 15.2. The number of hydrogen-bond acceptors (Lipinski definition) is 10. The molecule has 21 heteroatoms. The molecule has 2 saturated carbocycles. The van der Waals surface area contributed by atoms with Gasteiger partial charge in [-0.3, -0.25) is 38.1 Å². The topological polar surface area (TPSA) is 264 Å². The number of aromatic nitrogens is 4. The van der Waals surface area contributed by atoms with Crippen LogP contribution >= 0.6 is 0 Å². The molecule has 0 saturated heterocycles. The summed E-state index contributed by atoms with van der Waals surface area (Å²) in [6.07, 6.45) is -1.79. The van der Waals surface area contributed by atoms with Crippen LogP contribution in [0, 0.1) is 6.92 Å². The molecule has 0 bridgehead atoms. The Morgan fingerprint density at radius 1 is 0.727 bits per heavy atom. The Hall–Kier alpha value is -7.97. The van der Waals surface area contributed by atoms with Crippen LogP contribution in [0.15, 0.2) is 97.1 Å². The number of hydrogen-bond donors (Lipinski definition) is 5. The van der Waals surface area contributed by atoms with Crippen molar-refractivity contribution < 1.29 is 51.8 Å². The highest BCUT2D eigenvalue weighted by atomic mass is 19.4. The smallest absolute Gasteiger partial charge is 0.480 e. The number of anilines is 2. The number of rotatable bonds is 14. The number of carbonyl (C=O) groups excluding carboxylic acids is 5. The summed E-state index contributed by atoms with van der Waals surface area (Å²) in [5.74, 6) is -4.22. The predicted molar refractivity (Wildman–Crippen MR) is 238 cm³/mol. The number of para-hydroxylation sites is 2. The first kappa shape index (κ1) is 49.1. The van der Waals surface area contributed by atoms with Gasteiger partial charge in [-0.15, -0.1) is 13.2 Å². The van der Waals surface area contributed by atoms with E-state index in [1.807, 2.05) is 31.2 Å². The average molecular weight is 915 g/mol. The molecule has 18 nitrogen and oxygen atoms in total. The van der Waals surface area contributed by atoms with Crippen molar-refractivity contribution in [3.8, 4) is 5.75 Å². The van der Waals surface area contributed by atoms with Crippen molar-refractivity contribution in [3.05, 3.63) is 114 Å². The first-order valence-corrected chi connectivity index (χ1v) is 20.2. The lowest BCUT2D eigenvalue weighted by molar-refractivity contribution is -0.274. The van der Waals surface area contributed by atoms with Crippen molar-refractivity contribution in [2.75, 3.05) is 24.1 Å². The minimum absolute atomic E-state index is 0. The van der Waals surface area contributed by atoms with Crippen molar-refractivity contribution in [1.29, 1.82) is 0 Å². The molecule has 4 aromatic carbocycles. The van der Waals surface area contributed by atoms with Gasteiger partial charge in [-0.25, -0.2) is 0 Å². The van der Waals surface area contributed by atoms with Crippen molar-refractivity contribution in [3.63, 3.8) is 0 Å². The number of alkyl halides is 3. The van der Waals surface area contributed by atoms with Gasteiger partial charge in [0.15, 0.2) is 11.4 Å². The van der Waals surface area contributed by atoms with Crippen molar-refractivity contribution in [1.82, 2.24) is 29.4 Å². The molecule has 0 atom stereocenters. The van der Waals surface area contributed by atoms with Crippen LogP contribution in [0.25, 0.3) is 21.8 Å². The number of amides is 5. The van der Waals surface area contributed by atoms with E-state index in [9.17, 15) is 41.9 Å². The highest BCUT2D eigenvalue weighted by Crippen LogP contribution is 2.30. The second kappa shape index (κ2) is 21.1. The SMILES string of the molecule is C.Cc1cccc(N)c1.NC(=O)c1nn(CC(=O)N(CC(=O)Nc2cccc(OC(F)(F)F)c2)C2CC2)c2ccccc12.NC(=O)c1nn(CC(=O)N(CC(=O)O)C2CC2)c2ccccc12. The molecule has 0 spiro atoms. The Labute approximate surface area is 376 Å². The summed E-state index contributed by atoms with van der Waals surface area (Å²) in [4.78, 5) is 74.9. The quantitative estimate of drug-likeness (QED) is 0.0899. The molecule has 66 heavy (non-hydrogen) atoms. The number of aryl methyl sites for hydroxylation is 1. The van der Waals surface area contributed by atoms with Crippen LogP contribution in [0.5, 0.6) is 5.75 Å². The number of nitrogen functional groups attached to an aromatic ring is 1. The van der Waals surface area contributed by atoms with E-state index in [1.165, 1.54) is 36.9 Å². The van der Waals surface area contributed by atoms with Crippen molar-refractivity contribution in [2.24, 2.45) is 11.5 Å². The van der Waals surface area contributed by atoms with E-state index < -0.39 is 41.7 Å². The molecule has 0 aliphatic heterocycles. The first-order chi connectivity index (χ1) is 30.9. The maximum Gasteiger partial charge on any atom is 0.573 e. The Morgan fingerprint density at radius 3 is 1.64 bits per heavy atom. The van der Waals surface area contributed by atoms with E-state index in [0.717, 1.165) is 43.5 Å². The van der Waals surface area contributed by atoms with E-state index in [1.54, 1.807) is 48.5 Å². The average Bonchev–Trinajstić information content (AvgIpc) is 4.18. The molecule has 2 aliphatic carbocycles. The van der Waals surface area contributed by atoms with Gasteiger partial charge in [0, 0.05) is 40.3 Å². The molecule has 6 aromatic rings. The van der Waals surface area contributed by atoms with Crippen LogP contribution in [0.1, 0.15) is 59.7 Å². The number of aliphatic carboxylic acids is 1. The van der Waals surface area contributed by atoms with Crippen LogP contribution in [-0.4, -0.2) is 102 Å². The summed E-state index contributed by atoms with van der Waals surface area (Å²) in [6, 6.07) is 26.3. The number of nitrogens with one attached hydrogen (secondary N) is 1. The Kier molecular flexibility index (Phi) is 15.7. The monoisotopic (exact) mass is 914 g/mol. The van der Waals surface area contributed by atoms with E-state index in [2.05, 4.69) is 20.3 Å². The minimum atomic E-state index is -4.86. The molecule has 2 heterocycles. The zero-order valence-corrected chi connectivity index (χ0v) is 34.9. The van der Waals surface area contributed by atoms with Crippen LogP contribution < -0.4 is 27.3 Å². The Morgan fingerprint density at radius 2 is 1.21 bits per heavy atom. The van der Waals surface area contributed by atoms with Gasteiger partial charge in [-0.2, -0.15) is 10.2 Å². The third-order valence-electron chi connectivity index (χ3n) is 9.98. The normalized spacial score (nSPS) is 12.9. The summed E-state index contributed by atoms with van der Waals surface area (Å²) in [6.45, 7) is 1.06. The summed E-state index contributed by atoms with van der Waals surface area (Å²) >= 11 is 0. The number of halogens is 3. The lowest BCUT2D eigenvalue weighted by Crippen LogP contribution is -2.41. The maximum absolute atomic E-state index is 13.0. The Balaban J connectivity index is 0.000000219. The van der Waals surface area contributed by atoms with Gasteiger partial charge in [0.25, 0.3) is 11.8 Å². The van der Waals surface area contributed by atoms with Gasteiger partial charge in [-0.05, 0) is 74.6 Å². The third kappa shape index (κ3) is 13.3. The van der Waals surface area contributed by atoms with Crippen LogP contribution in [0.2, 0.25) is 0 Å². The highest BCUT2D eigenvalue weighted by Gasteiger charge is 2.36. The van der Waals surface area contributed by atoms with E-state index in [0.29, 0.717) is 21.8 Å². The van der Waals surface area contributed by atoms with Crippen LogP contribution in [0.3, 0.4) is 0 Å². The molecule has 5 amide bonds. The van der Waals surface area contributed by atoms with Gasteiger partial charge in [0.2, 0.25) is 17.7 Å². The molecule has 8 rings (SSSR count). The first-order valence-electron chi connectivity index (χ1n) is 20.2. The number of ether oxygens (including phenoxy) is 1. The molecule has 0 radical (unpaired) electrons. The summed E-state index contributed by atoms with van der Waals surface area (Å²) < 4.78 is 43.9. The number of carbonyl (C=O) groups is 6. The number of nitrogens with two attached hydrogens (primary N) is 3. The zero-order valence-electron chi connectivity index (χ0n) is 34.9. The van der Waals surface area contributed by atoms with Crippen LogP contribution in [0.4, 0.5) is 24.5 Å². The lowest BCUT2D eigenvalue weighted by Gasteiger charge is -2.22. The molecule has 8 N–H and O–H groups in total. The number of benzene rings is 4. The second-order valence-corrected chi connectivity index (χ2v) is 15.2. The number of carboxylic acid groups (broad SMARTS) is 1.